The van der Waals surface area contributed by atoms with Gasteiger partial charge in [-0.05, 0) is 47.5 Å². The first-order valence-corrected chi connectivity index (χ1v) is 20.1. The van der Waals surface area contributed by atoms with E-state index in [4.69, 9.17) is 14.4 Å². The summed E-state index contributed by atoms with van der Waals surface area (Å²) in [7, 11) is 0. The fourth-order valence-corrected chi connectivity index (χ4v) is 10.1. The molecule has 7 heteroatoms. The zero-order valence-corrected chi connectivity index (χ0v) is 32.3. The molecule has 0 atom stereocenters. The molecule has 0 saturated heterocycles. The van der Waals surface area contributed by atoms with Gasteiger partial charge in [-0.15, -0.1) is 0 Å². The van der Waals surface area contributed by atoms with Crippen LogP contribution in [0.2, 0.25) is 0 Å². The van der Waals surface area contributed by atoms with E-state index in [0.29, 0.717) is 28.2 Å². The topological polar surface area (TPSA) is 76.9 Å². The summed E-state index contributed by atoms with van der Waals surface area (Å²) in [5.41, 5.74) is 12.0. The molecule has 0 fully saturated rings. The lowest BCUT2D eigenvalue weighted by Crippen LogP contribution is -2.08. The zero-order chi connectivity index (χ0) is 40.3. The normalized spacial score (nSPS) is 11.9. The van der Waals surface area contributed by atoms with Crippen molar-refractivity contribution in [3.63, 3.8) is 0 Å². The average molecular weight is 777 g/mol. The molecule has 13 rings (SSSR count). The molecule has 0 aliphatic rings. The van der Waals surface area contributed by atoms with Gasteiger partial charge in [0.1, 0.15) is 17.2 Å². The Morgan fingerprint density at radius 2 is 1.07 bits per heavy atom. The van der Waals surface area contributed by atoms with Gasteiger partial charge in [-0.2, -0.15) is 5.26 Å². The Kier molecular flexibility index (Phi) is 6.73. The monoisotopic (exact) mass is 776 g/mol. The molecule has 4 heterocycles. The van der Waals surface area contributed by atoms with E-state index in [9.17, 15) is 11.8 Å². The summed E-state index contributed by atoms with van der Waals surface area (Å²) < 4.78 is 11.1. The summed E-state index contributed by atoms with van der Waals surface area (Å²) in [6.45, 7) is 9.17. The molecule has 4 aromatic heterocycles. The van der Waals surface area contributed by atoms with Gasteiger partial charge in [0, 0.05) is 61.2 Å². The maximum atomic E-state index is 11.8. The molecule has 0 aliphatic carbocycles. The minimum absolute atomic E-state index is 0.382. The highest BCUT2D eigenvalue weighted by Gasteiger charge is 2.33. The first kappa shape index (κ1) is 33.2. The van der Waals surface area contributed by atoms with Gasteiger partial charge in [-0.25, -0.2) is 4.85 Å². The fraction of sp³-hybridized carbons (Fsp3) is 0. The molecule has 9 aromatic carbocycles. The lowest BCUT2D eigenvalue weighted by atomic mass is 9.88. The average Bonchev–Trinajstić information content (AvgIpc) is 3.99. The second-order valence-electron chi connectivity index (χ2n) is 15.4. The molecule has 0 spiro atoms. The van der Waals surface area contributed by atoms with Gasteiger partial charge in [0.15, 0.2) is 0 Å². The Labute approximate surface area is 347 Å². The van der Waals surface area contributed by atoms with Crippen molar-refractivity contribution in [1.82, 2.24) is 19.1 Å². The maximum Gasteiger partial charge on any atom is 0.220 e. The smallest absolute Gasteiger partial charge is 0.220 e. The van der Waals surface area contributed by atoms with Crippen molar-refractivity contribution in [1.29, 1.82) is 5.26 Å². The van der Waals surface area contributed by atoms with E-state index in [2.05, 4.69) is 111 Å². The molecule has 0 amide bonds. The van der Waals surface area contributed by atoms with Crippen molar-refractivity contribution in [2.45, 2.75) is 0 Å². The predicted octanol–water partition coefficient (Wildman–Crippen LogP) is 14.1. The third-order valence-corrected chi connectivity index (χ3v) is 12.4. The van der Waals surface area contributed by atoms with E-state index < -0.39 is 0 Å². The highest BCUT2D eigenvalue weighted by molar-refractivity contribution is 6.33. The van der Waals surface area contributed by atoms with Crippen LogP contribution in [0.25, 0.3) is 126 Å². The molecule has 0 N–H and O–H groups in total. The number of nitrogens with zero attached hydrogens (tertiary/aromatic N) is 6. The van der Waals surface area contributed by atoms with Crippen LogP contribution < -0.4 is 0 Å². The Hall–Kier alpha value is -8.78. The van der Waals surface area contributed by atoms with Crippen LogP contribution in [-0.2, 0) is 0 Å². The first-order valence-electron chi connectivity index (χ1n) is 20.1. The molecule has 0 saturated carbocycles. The highest BCUT2D eigenvalue weighted by atomic mass is 16.3. The van der Waals surface area contributed by atoms with E-state index >= 15 is 0 Å². The second-order valence-corrected chi connectivity index (χ2v) is 15.4. The third kappa shape index (κ3) is 4.33. The molecule has 0 aliphatic heterocycles. The van der Waals surface area contributed by atoms with Gasteiger partial charge in [0.2, 0.25) is 5.69 Å². The molecule has 0 unspecified atom stereocenters. The van der Waals surface area contributed by atoms with Crippen molar-refractivity contribution < 1.29 is 4.42 Å². The fourth-order valence-electron chi connectivity index (χ4n) is 10.1. The minimum Gasteiger partial charge on any atom is -0.456 e. The van der Waals surface area contributed by atoms with Crippen LogP contribution in [0.3, 0.4) is 0 Å². The number of nitriles is 1. The minimum atomic E-state index is 0.382. The van der Waals surface area contributed by atoms with Gasteiger partial charge >= 0.3 is 0 Å². The van der Waals surface area contributed by atoms with Crippen LogP contribution in [-0.4, -0.2) is 19.1 Å². The lowest BCUT2D eigenvalue weighted by molar-refractivity contribution is 0.669. The molecule has 61 heavy (non-hydrogen) atoms. The van der Waals surface area contributed by atoms with Crippen LogP contribution in [0.5, 0.6) is 0 Å². The number of aromatic nitrogens is 4. The van der Waals surface area contributed by atoms with Gasteiger partial charge < -0.3 is 13.6 Å². The van der Waals surface area contributed by atoms with E-state index in [-0.39, 0.29) is 0 Å². The quantitative estimate of drug-likeness (QED) is 0.132. The van der Waals surface area contributed by atoms with Crippen LogP contribution in [0.4, 0.5) is 5.69 Å². The highest BCUT2D eigenvalue weighted by Crippen LogP contribution is 2.54. The number of hydrogen-bond acceptors (Lipinski definition) is 4. The summed E-state index contributed by atoms with van der Waals surface area (Å²) >= 11 is 0. The number of furan rings is 1. The van der Waals surface area contributed by atoms with Crippen LogP contribution >= 0.6 is 0 Å². The summed E-state index contributed by atoms with van der Waals surface area (Å²) in [5, 5.41) is 19.9. The second kappa shape index (κ2) is 12.4. The molecule has 7 nitrogen and oxygen atoms in total. The zero-order valence-electron chi connectivity index (χ0n) is 32.3. The van der Waals surface area contributed by atoms with Crippen LogP contribution in [0, 0.1) is 17.9 Å². The summed E-state index contributed by atoms with van der Waals surface area (Å²) in [6, 6.07) is 56.2. The van der Waals surface area contributed by atoms with E-state index in [1.165, 1.54) is 0 Å². The largest absolute Gasteiger partial charge is 0.456 e. The number of rotatable bonds is 4. The molecule has 0 bridgehead atoms. The molecule has 13 aromatic rings. The molecule has 280 valence electrons. The lowest BCUT2D eigenvalue weighted by Gasteiger charge is -2.25. The molecular formula is C54H28N6O. The van der Waals surface area contributed by atoms with Crippen molar-refractivity contribution in [3.05, 3.63) is 187 Å². The first-order chi connectivity index (χ1) is 30.2. The van der Waals surface area contributed by atoms with Crippen molar-refractivity contribution in [2.75, 3.05) is 0 Å². The molecule has 0 radical (unpaired) electrons. The van der Waals surface area contributed by atoms with Gasteiger partial charge in [0.05, 0.1) is 62.0 Å². The Morgan fingerprint density at radius 3 is 1.72 bits per heavy atom. The number of fused-ring (bicyclic) bond motifs is 10. The summed E-state index contributed by atoms with van der Waals surface area (Å²) in [6.07, 6.45) is 3.49. The third-order valence-electron chi connectivity index (χ3n) is 12.4. The van der Waals surface area contributed by atoms with Gasteiger partial charge in [-0.3, -0.25) is 9.97 Å². The van der Waals surface area contributed by atoms with Crippen molar-refractivity contribution in [2.24, 2.45) is 0 Å². The predicted molar refractivity (Wildman–Crippen MR) is 246 cm³/mol. The summed E-state index contributed by atoms with van der Waals surface area (Å²) in [4.78, 5) is 14.2. The number of para-hydroxylation sites is 2. The van der Waals surface area contributed by atoms with Crippen LogP contribution in [0.15, 0.2) is 175 Å². The van der Waals surface area contributed by atoms with Crippen LogP contribution in [0.1, 0.15) is 5.56 Å². The van der Waals surface area contributed by atoms with E-state index in [0.717, 1.165) is 104 Å². The SMILES string of the molecule is [C-]#[N+]c1c(-c2ccccc2)c(C#N)c(-n2c3ccccc3c3ccc4oc5ccccc5c4c32)c(-c2ccccc2)c1-n1c2cccc3c4nccnc4c4cccc1c4c32. The number of benzene rings is 9. The Bertz CT molecular complexity index is 3980. The van der Waals surface area contributed by atoms with Crippen molar-refractivity contribution >= 4 is 93.0 Å². The van der Waals surface area contributed by atoms with E-state index in [1.807, 2.05) is 66.7 Å². The molecular weight excluding hydrogens is 749 g/mol. The number of hydrogen-bond donors (Lipinski definition) is 0. The maximum absolute atomic E-state index is 11.8. The standard InChI is InChI=1S/C54H28N6O/c1-56-51-44(31-14-4-2-5-15-31)38(30-55)53(60-39-22-10-8-18-33(39)34-26-27-43-48(52(34)60)35-19-9-11-25-42(35)61-43)45(32-16-6-3-7-17-32)54(51)59-40-23-12-20-36-46(40)47-37(21-13-24-41(47)59)50-49(36)57-28-29-58-50/h2-29H. The van der Waals surface area contributed by atoms with E-state index in [1.54, 1.807) is 12.4 Å². The summed E-state index contributed by atoms with van der Waals surface area (Å²) in [5.74, 6) is 0. The van der Waals surface area contributed by atoms with Gasteiger partial charge in [0.25, 0.3) is 0 Å². The Balaban J connectivity index is 1.35. The Morgan fingerprint density at radius 1 is 0.492 bits per heavy atom. The van der Waals surface area contributed by atoms with Crippen molar-refractivity contribution in [3.8, 4) is 39.7 Å². The van der Waals surface area contributed by atoms with Gasteiger partial charge in [-0.1, -0.05) is 121 Å².